The second-order valence-electron chi connectivity index (χ2n) is 10.1. The molecule has 0 aliphatic heterocycles. The highest BCUT2D eigenvalue weighted by molar-refractivity contribution is 5.88. The van der Waals surface area contributed by atoms with Gasteiger partial charge in [0.25, 0.3) is 5.56 Å². The van der Waals surface area contributed by atoms with E-state index in [-0.39, 0.29) is 17.2 Å². The molecule has 0 aliphatic rings. The first-order valence-corrected chi connectivity index (χ1v) is 14.0. The van der Waals surface area contributed by atoms with Crippen LogP contribution in [0.25, 0.3) is 11.2 Å². The number of rotatable bonds is 14. The lowest BCUT2D eigenvalue weighted by Crippen LogP contribution is -2.41. The van der Waals surface area contributed by atoms with Crippen LogP contribution in [0.4, 0.5) is 5.69 Å². The van der Waals surface area contributed by atoms with Crippen molar-refractivity contribution in [1.82, 2.24) is 34.0 Å². The van der Waals surface area contributed by atoms with Crippen LogP contribution in [0.1, 0.15) is 50.6 Å². The van der Waals surface area contributed by atoms with E-state index in [1.807, 2.05) is 42.7 Å². The van der Waals surface area contributed by atoms with Crippen LogP contribution < -0.4 is 21.9 Å². The second kappa shape index (κ2) is 14.0. The summed E-state index contributed by atoms with van der Waals surface area (Å²) in [7, 11) is 0. The Kier molecular flexibility index (Phi) is 10.1. The zero-order valence-electron chi connectivity index (χ0n) is 23.8. The van der Waals surface area contributed by atoms with Gasteiger partial charge in [0.05, 0.1) is 6.10 Å². The number of carbonyl (C=O) groups is 1. The molecule has 0 radical (unpaired) electrons. The molecule has 0 saturated carbocycles. The molecule has 1 atom stereocenters. The van der Waals surface area contributed by atoms with Gasteiger partial charge in [-0.05, 0) is 42.5 Å². The van der Waals surface area contributed by atoms with E-state index in [2.05, 4.69) is 20.6 Å². The van der Waals surface area contributed by atoms with Crippen molar-refractivity contribution in [3.63, 3.8) is 0 Å². The Hall–Kier alpha value is -4.16. The quantitative estimate of drug-likeness (QED) is 0.197. The van der Waals surface area contributed by atoms with Crippen molar-refractivity contribution in [3.8, 4) is 0 Å². The number of nitrogens with zero attached hydrogens (tertiary/aromatic N) is 6. The lowest BCUT2D eigenvalue weighted by atomic mass is 10.1. The second-order valence-corrected chi connectivity index (χ2v) is 10.1. The summed E-state index contributed by atoms with van der Waals surface area (Å²) in [5.41, 5.74) is 2.49. The van der Waals surface area contributed by atoms with Crippen molar-refractivity contribution in [2.45, 2.75) is 72.2 Å². The summed E-state index contributed by atoms with van der Waals surface area (Å²) in [6.07, 6.45) is 6.62. The highest BCUT2D eigenvalue weighted by atomic mass is 16.3. The van der Waals surface area contributed by atoms with Crippen LogP contribution in [0, 0.1) is 0 Å². The van der Waals surface area contributed by atoms with Crippen molar-refractivity contribution < 1.29 is 9.90 Å². The molecule has 1 aromatic carbocycles. The fourth-order valence-electron chi connectivity index (χ4n) is 4.74. The maximum Gasteiger partial charge on any atom is 0.332 e. The lowest BCUT2D eigenvalue weighted by molar-refractivity contribution is -0.114. The number of nitrogens with one attached hydrogen (secondary N) is 2. The minimum atomic E-state index is -0.449. The molecular formula is C29H38N8O4. The minimum absolute atomic E-state index is 0.143. The summed E-state index contributed by atoms with van der Waals surface area (Å²) >= 11 is 0. The average molecular weight is 563 g/mol. The third kappa shape index (κ3) is 7.33. The van der Waals surface area contributed by atoms with Gasteiger partial charge in [-0.3, -0.25) is 18.7 Å². The summed E-state index contributed by atoms with van der Waals surface area (Å²) in [5.74, 6) is 0.488. The van der Waals surface area contributed by atoms with E-state index < -0.39 is 6.10 Å². The van der Waals surface area contributed by atoms with E-state index in [0.29, 0.717) is 81.1 Å². The molecule has 1 unspecified atom stereocenters. The summed E-state index contributed by atoms with van der Waals surface area (Å²) in [4.78, 5) is 51.8. The van der Waals surface area contributed by atoms with E-state index in [4.69, 9.17) is 4.98 Å². The first kappa shape index (κ1) is 29.8. The van der Waals surface area contributed by atoms with Gasteiger partial charge < -0.3 is 20.3 Å². The third-order valence-electron chi connectivity index (χ3n) is 6.88. The molecule has 3 N–H and O–H groups in total. The van der Waals surface area contributed by atoms with Crippen LogP contribution in [-0.2, 0) is 37.3 Å². The van der Waals surface area contributed by atoms with E-state index in [9.17, 15) is 19.5 Å². The van der Waals surface area contributed by atoms with Crippen LogP contribution in [0.2, 0.25) is 0 Å². The van der Waals surface area contributed by atoms with Crippen LogP contribution >= 0.6 is 0 Å². The van der Waals surface area contributed by atoms with Gasteiger partial charge >= 0.3 is 5.69 Å². The number of amides is 1. The number of anilines is 1. The fourth-order valence-corrected chi connectivity index (χ4v) is 4.74. The smallest absolute Gasteiger partial charge is 0.332 e. The Morgan fingerprint density at radius 3 is 2.37 bits per heavy atom. The summed E-state index contributed by atoms with van der Waals surface area (Å²) in [6.45, 7) is 7.31. The lowest BCUT2D eigenvalue weighted by Gasteiger charge is -2.14. The predicted octanol–water partition coefficient (Wildman–Crippen LogP) is 1.71. The topological polar surface area (TPSA) is 149 Å². The average Bonchev–Trinajstić information content (AvgIpc) is 3.31. The number of fused-ring (bicyclic) bond motifs is 1. The number of carbonyl (C=O) groups excluding carboxylic acids is 1. The number of hydrogen-bond donors (Lipinski definition) is 3. The molecular weight excluding hydrogens is 524 g/mol. The Morgan fingerprint density at radius 2 is 1.71 bits per heavy atom. The summed E-state index contributed by atoms with van der Waals surface area (Å²) < 4.78 is 4.76. The molecule has 41 heavy (non-hydrogen) atoms. The van der Waals surface area contributed by atoms with E-state index >= 15 is 0 Å². The number of imidazole rings is 1. The maximum atomic E-state index is 13.7. The zero-order valence-corrected chi connectivity index (χ0v) is 23.8. The summed E-state index contributed by atoms with van der Waals surface area (Å²) in [5, 5.41) is 15.9. The fraction of sp³-hybridized carbons (Fsp3) is 0.448. The van der Waals surface area contributed by atoms with Crippen molar-refractivity contribution in [2.75, 3.05) is 18.4 Å². The highest BCUT2D eigenvalue weighted by Gasteiger charge is 2.22. The van der Waals surface area contributed by atoms with Gasteiger partial charge in [0, 0.05) is 64.1 Å². The van der Waals surface area contributed by atoms with Gasteiger partial charge in [-0.15, -0.1) is 0 Å². The first-order chi connectivity index (χ1) is 19.8. The standard InChI is InChI=1S/C29H38N8O4/c1-4-12-37-28(40)26-27(36(29(37)41)13-10-21-6-8-23(9-7-21)33-20(3)38)34-25(15-22-16-31-19-32-17-22)35(26)14-11-30-18-24(39)5-2/h6-9,16-17,19,24,30,39H,4-5,10-15,18H2,1-3H3,(H,33,38). The number of benzene rings is 1. The molecule has 0 aliphatic carbocycles. The molecule has 4 rings (SSSR count). The maximum absolute atomic E-state index is 13.7. The van der Waals surface area contributed by atoms with Crippen LogP contribution in [0.5, 0.6) is 0 Å². The molecule has 3 heterocycles. The number of aromatic nitrogens is 6. The molecule has 4 aromatic rings. The molecule has 0 spiro atoms. The van der Waals surface area contributed by atoms with Crippen LogP contribution in [-0.4, -0.2) is 58.9 Å². The van der Waals surface area contributed by atoms with E-state index in [1.165, 1.54) is 17.8 Å². The largest absolute Gasteiger partial charge is 0.392 e. The van der Waals surface area contributed by atoms with E-state index in [1.54, 1.807) is 17.0 Å². The Bertz CT molecular complexity index is 1580. The SMILES string of the molecule is CCCn1c(=O)c2c(nc(Cc3cncnc3)n2CCNCC(O)CC)n(CCc2ccc(NC(C)=O)cc2)c1=O. The predicted molar refractivity (Wildman–Crippen MR) is 157 cm³/mol. The van der Waals surface area contributed by atoms with Crippen molar-refractivity contribution in [1.29, 1.82) is 0 Å². The number of hydrogen-bond acceptors (Lipinski definition) is 8. The molecule has 0 bridgehead atoms. The van der Waals surface area contributed by atoms with E-state index in [0.717, 1.165) is 11.1 Å². The number of aliphatic hydroxyl groups is 1. The molecule has 12 heteroatoms. The van der Waals surface area contributed by atoms with Crippen molar-refractivity contribution in [2.24, 2.45) is 0 Å². The minimum Gasteiger partial charge on any atom is -0.392 e. The number of aliphatic hydroxyl groups excluding tert-OH is 1. The molecule has 0 saturated heterocycles. The third-order valence-corrected chi connectivity index (χ3v) is 6.88. The molecule has 1 amide bonds. The van der Waals surface area contributed by atoms with Crippen LogP contribution in [0.15, 0.2) is 52.6 Å². The molecule has 3 aromatic heterocycles. The molecule has 218 valence electrons. The van der Waals surface area contributed by atoms with Crippen molar-refractivity contribution in [3.05, 3.63) is 80.8 Å². The van der Waals surface area contributed by atoms with Crippen LogP contribution in [0.3, 0.4) is 0 Å². The Labute approximate surface area is 238 Å². The van der Waals surface area contributed by atoms with Gasteiger partial charge in [-0.25, -0.2) is 19.7 Å². The number of aryl methyl sites for hydroxylation is 2. The summed E-state index contributed by atoms with van der Waals surface area (Å²) in [6, 6.07) is 7.46. The Morgan fingerprint density at radius 1 is 0.976 bits per heavy atom. The first-order valence-electron chi connectivity index (χ1n) is 14.0. The zero-order chi connectivity index (χ0) is 29.4. The highest BCUT2D eigenvalue weighted by Crippen LogP contribution is 2.17. The molecule has 0 fully saturated rings. The monoisotopic (exact) mass is 562 g/mol. The van der Waals surface area contributed by atoms with Gasteiger partial charge in [0.2, 0.25) is 5.91 Å². The van der Waals surface area contributed by atoms with Gasteiger partial charge in [0.1, 0.15) is 12.2 Å². The molecule has 12 nitrogen and oxygen atoms in total. The van der Waals surface area contributed by atoms with Crippen molar-refractivity contribution >= 4 is 22.8 Å². The van der Waals surface area contributed by atoms with Gasteiger partial charge in [-0.2, -0.15) is 0 Å². The van der Waals surface area contributed by atoms with Gasteiger partial charge in [-0.1, -0.05) is 26.0 Å². The Balaban J connectivity index is 1.75. The normalized spacial score (nSPS) is 12.1. The van der Waals surface area contributed by atoms with Gasteiger partial charge in [0.15, 0.2) is 11.2 Å².